The number of carbonyl (C=O) groups excluding carboxylic acids is 2. The first-order valence-electron chi connectivity index (χ1n) is 9.34. The number of benzene rings is 2. The minimum atomic E-state index is -0.443. The first kappa shape index (κ1) is 19.0. The van der Waals surface area contributed by atoms with E-state index >= 15 is 0 Å². The number of fused-ring (bicyclic) bond motifs is 1. The highest BCUT2D eigenvalue weighted by molar-refractivity contribution is 5.81. The topological polar surface area (TPSA) is 64.6 Å². The van der Waals surface area contributed by atoms with Crippen LogP contribution in [0.5, 0.6) is 5.75 Å². The Morgan fingerprint density at radius 3 is 2.70 bits per heavy atom. The first-order valence-corrected chi connectivity index (χ1v) is 9.34. The van der Waals surface area contributed by atoms with Crippen LogP contribution in [0.4, 0.5) is 0 Å². The Kier molecular flexibility index (Phi) is 6.47. The lowest BCUT2D eigenvalue weighted by atomic mass is 9.88. The zero-order valence-corrected chi connectivity index (χ0v) is 15.6. The second-order valence-corrected chi connectivity index (χ2v) is 6.78. The highest BCUT2D eigenvalue weighted by atomic mass is 16.5. The van der Waals surface area contributed by atoms with Gasteiger partial charge in [-0.25, -0.2) is 0 Å². The Balaban J connectivity index is 1.38. The molecule has 27 heavy (non-hydrogen) atoms. The summed E-state index contributed by atoms with van der Waals surface area (Å²) in [4.78, 5) is 23.9. The van der Waals surface area contributed by atoms with Crippen LogP contribution in [0.2, 0.25) is 0 Å². The van der Waals surface area contributed by atoms with E-state index in [0.717, 1.165) is 30.4 Å². The molecule has 0 unspecified atom stereocenters. The molecule has 0 heterocycles. The van der Waals surface area contributed by atoms with Gasteiger partial charge in [-0.3, -0.25) is 9.59 Å². The second kappa shape index (κ2) is 9.21. The van der Waals surface area contributed by atoms with Gasteiger partial charge >= 0.3 is 5.97 Å². The molecule has 0 saturated heterocycles. The van der Waals surface area contributed by atoms with E-state index in [1.165, 1.54) is 5.56 Å². The van der Waals surface area contributed by atoms with Crippen LogP contribution in [0.25, 0.3) is 0 Å². The molecule has 3 rings (SSSR count). The fourth-order valence-electron chi connectivity index (χ4n) is 3.24. The minimum absolute atomic E-state index is 0.00831. The molecule has 0 bridgehead atoms. The fourth-order valence-corrected chi connectivity index (χ4v) is 3.24. The molecule has 5 heteroatoms. The average Bonchev–Trinajstić information content (AvgIpc) is 2.68. The number of hydrogen-bond acceptors (Lipinski definition) is 4. The van der Waals surface area contributed by atoms with Gasteiger partial charge in [-0.1, -0.05) is 42.0 Å². The number of nitrogens with one attached hydrogen (secondary N) is 1. The molecule has 1 aliphatic rings. The summed E-state index contributed by atoms with van der Waals surface area (Å²) in [7, 11) is 0. The molecule has 1 amide bonds. The van der Waals surface area contributed by atoms with Crippen molar-refractivity contribution in [2.24, 2.45) is 0 Å². The summed E-state index contributed by atoms with van der Waals surface area (Å²) in [6.45, 7) is 1.96. The van der Waals surface area contributed by atoms with Crippen molar-refractivity contribution >= 4 is 11.9 Å². The number of aryl methyl sites for hydroxylation is 2. The monoisotopic (exact) mass is 367 g/mol. The van der Waals surface area contributed by atoms with Crippen LogP contribution in [0, 0.1) is 6.92 Å². The minimum Gasteiger partial charge on any atom is -0.493 e. The van der Waals surface area contributed by atoms with E-state index < -0.39 is 5.97 Å². The molecule has 0 spiro atoms. The van der Waals surface area contributed by atoms with Gasteiger partial charge in [0.2, 0.25) is 0 Å². The Morgan fingerprint density at radius 1 is 1.11 bits per heavy atom. The number of carbonyl (C=O) groups is 2. The maximum Gasteiger partial charge on any atom is 0.309 e. The molecule has 0 radical (unpaired) electrons. The lowest BCUT2D eigenvalue weighted by molar-refractivity contribution is -0.149. The van der Waals surface area contributed by atoms with Gasteiger partial charge < -0.3 is 14.8 Å². The van der Waals surface area contributed by atoms with Gasteiger partial charge in [0.05, 0.1) is 19.1 Å². The summed E-state index contributed by atoms with van der Waals surface area (Å²) in [5, 5.41) is 2.97. The van der Waals surface area contributed by atoms with Crippen LogP contribution in [-0.2, 0) is 20.7 Å². The van der Waals surface area contributed by atoms with Gasteiger partial charge in [0.15, 0.2) is 6.61 Å². The fraction of sp³-hybridized carbons (Fsp3) is 0.364. The van der Waals surface area contributed by atoms with E-state index in [-0.39, 0.29) is 31.6 Å². The first-order chi connectivity index (χ1) is 13.1. The van der Waals surface area contributed by atoms with Gasteiger partial charge in [-0.05, 0) is 49.4 Å². The number of amides is 1. The molecule has 0 aliphatic heterocycles. The molecule has 0 saturated carbocycles. The summed E-state index contributed by atoms with van der Waals surface area (Å²) in [6, 6.07) is 15.7. The largest absolute Gasteiger partial charge is 0.493 e. The predicted molar refractivity (Wildman–Crippen MR) is 103 cm³/mol. The number of esters is 1. The summed E-state index contributed by atoms with van der Waals surface area (Å²) < 4.78 is 10.6. The van der Waals surface area contributed by atoms with Crippen molar-refractivity contribution in [3.8, 4) is 5.75 Å². The molecule has 0 fully saturated rings. The molecule has 2 aromatic carbocycles. The SMILES string of the molecule is Cc1ccc(OCCC(=O)OCC(=O)N[C@@H]2CCCc3ccccc32)cc1. The lowest BCUT2D eigenvalue weighted by Gasteiger charge is -2.26. The van der Waals surface area contributed by atoms with Crippen LogP contribution < -0.4 is 10.1 Å². The van der Waals surface area contributed by atoms with Crippen LogP contribution in [0.15, 0.2) is 48.5 Å². The second-order valence-electron chi connectivity index (χ2n) is 6.78. The molecule has 5 nitrogen and oxygen atoms in total. The molecule has 1 aliphatic carbocycles. The summed E-state index contributed by atoms with van der Waals surface area (Å²) in [5.74, 6) is -0.00656. The molecule has 142 valence electrons. The zero-order chi connectivity index (χ0) is 19.1. The summed E-state index contributed by atoms with van der Waals surface area (Å²) >= 11 is 0. The quantitative estimate of drug-likeness (QED) is 0.761. The van der Waals surface area contributed by atoms with Gasteiger partial charge in [-0.15, -0.1) is 0 Å². The van der Waals surface area contributed by atoms with E-state index in [1.54, 1.807) is 0 Å². The van der Waals surface area contributed by atoms with E-state index in [4.69, 9.17) is 9.47 Å². The Morgan fingerprint density at radius 2 is 1.89 bits per heavy atom. The maximum absolute atomic E-state index is 12.1. The molecule has 2 aromatic rings. The Hall–Kier alpha value is -2.82. The summed E-state index contributed by atoms with van der Waals surface area (Å²) in [5.41, 5.74) is 3.59. The third-order valence-electron chi connectivity index (χ3n) is 4.66. The lowest BCUT2D eigenvalue weighted by Crippen LogP contribution is -2.34. The van der Waals surface area contributed by atoms with Crippen molar-refractivity contribution in [1.82, 2.24) is 5.32 Å². The van der Waals surface area contributed by atoms with Crippen molar-refractivity contribution in [2.45, 2.75) is 38.6 Å². The van der Waals surface area contributed by atoms with Crippen LogP contribution in [0.3, 0.4) is 0 Å². The third-order valence-corrected chi connectivity index (χ3v) is 4.66. The smallest absolute Gasteiger partial charge is 0.309 e. The Bertz CT molecular complexity index is 785. The predicted octanol–water partition coefficient (Wildman–Crippen LogP) is 3.50. The van der Waals surface area contributed by atoms with E-state index in [1.807, 2.05) is 49.4 Å². The van der Waals surface area contributed by atoms with Crippen LogP contribution in [0.1, 0.15) is 42.0 Å². The van der Waals surface area contributed by atoms with Gasteiger partial charge in [0, 0.05) is 0 Å². The van der Waals surface area contributed by atoms with E-state index in [0.29, 0.717) is 5.75 Å². The number of rotatable bonds is 7. The van der Waals surface area contributed by atoms with Crippen molar-refractivity contribution < 1.29 is 19.1 Å². The van der Waals surface area contributed by atoms with E-state index in [9.17, 15) is 9.59 Å². The molecule has 1 N–H and O–H groups in total. The Labute approximate surface area is 159 Å². The molecular formula is C22H25NO4. The molecule has 0 aromatic heterocycles. The number of ether oxygens (including phenoxy) is 2. The van der Waals surface area contributed by atoms with Gasteiger partial charge in [0.1, 0.15) is 5.75 Å². The summed E-state index contributed by atoms with van der Waals surface area (Å²) in [6.07, 6.45) is 3.09. The highest BCUT2D eigenvalue weighted by Crippen LogP contribution is 2.29. The molecule has 1 atom stereocenters. The van der Waals surface area contributed by atoms with Crippen LogP contribution in [-0.4, -0.2) is 25.1 Å². The number of hydrogen-bond donors (Lipinski definition) is 1. The zero-order valence-electron chi connectivity index (χ0n) is 15.6. The van der Waals surface area contributed by atoms with Crippen LogP contribution >= 0.6 is 0 Å². The van der Waals surface area contributed by atoms with Gasteiger partial charge in [0.25, 0.3) is 5.91 Å². The maximum atomic E-state index is 12.1. The third kappa shape index (κ3) is 5.58. The standard InChI is InChI=1S/C22H25NO4/c1-16-9-11-18(12-10-16)26-14-13-22(25)27-15-21(24)23-20-8-4-6-17-5-2-3-7-19(17)20/h2-3,5,7,9-12,20H,4,6,8,13-15H2,1H3,(H,23,24)/t20-/m1/s1. The van der Waals surface area contributed by atoms with Crippen molar-refractivity contribution in [2.75, 3.05) is 13.2 Å². The van der Waals surface area contributed by atoms with E-state index in [2.05, 4.69) is 11.4 Å². The average molecular weight is 367 g/mol. The van der Waals surface area contributed by atoms with Crippen molar-refractivity contribution in [3.05, 3.63) is 65.2 Å². The van der Waals surface area contributed by atoms with Crippen molar-refractivity contribution in [1.29, 1.82) is 0 Å². The molecular weight excluding hydrogens is 342 g/mol. The van der Waals surface area contributed by atoms with Crippen molar-refractivity contribution in [3.63, 3.8) is 0 Å². The van der Waals surface area contributed by atoms with Gasteiger partial charge in [-0.2, -0.15) is 0 Å². The normalized spacial score (nSPS) is 15.5. The highest BCUT2D eigenvalue weighted by Gasteiger charge is 2.21.